The Balaban J connectivity index is 1.91. The van der Waals surface area contributed by atoms with Crippen LogP contribution in [0, 0.1) is 0 Å². The maximum atomic E-state index is 12.3. The molecule has 0 bridgehead atoms. The number of carboxylic acid groups (broad SMARTS) is 2. The van der Waals surface area contributed by atoms with E-state index in [1.807, 2.05) is 0 Å². The van der Waals surface area contributed by atoms with Crippen molar-refractivity contribution in [3.05, 3.63) is 12.2 Å². The van der Waals surface area contributed by atoms with Gasteiger partial charge in [0.2, 0.25) is 17.7 Å². The zero-order chi connectivity index (χ0) is 39.7. The Morgan fingerprint density at radius 2 is 0.944 bits per heavy atom. The van der Waals surface area contributed by atoms with E-state index in [9.17, 15) is 38.7 Å². The van der Waals surface area contributed by atoms with E-state index in [0.717, 1.165) is 44.9 Å². The molecule has 0 aromatic rings. The Labute approximate surface area is 320 Å². The summed E-state index contributed by atoms with van der Waals surface area (Å²) in [5, 5.41) is 26.1. The van der Waals surface area contributed by atoms with Gasteiger partial charge in [-0.3, -0.25) is 33.7 Å². The Hall–Kier alpha value is -3.85. The van der Waals surface area contributed by atoms with Crippen LogP contribution in [0.2, 0.25) is 0 Å². The van der Waals surface area contributed by atoms with Gasteiger partial charge in [-0.1, -0.05) is 83.5 Å². The number of aliphatic carboxylic acids is 2. The van der Waals surface area contributed by atoms with Crippen molar-refractivity contribution in [1.82, 2.24) is 20.9 Å². The molecule has 1 aliphatic rings. The van der Waals surface area contributed by atoms with Crippen LogP contribution in [0.3, 0.4) is 0 Å². The summed E-state index contributed by atoms with van der Waals surface area (Å²) in [7, 11) is 0. The first kappa shape index (κ1) is 48.2. The number of carbonyl (C=O) groups excluding carboxylic acids is 5. The lowest BCUT2D eigenvalue weighted by atomic mass is 10.0. The highest BCUT2D eigenvalue weighted by Gasteiger charge is 2.22. The van der Waals surface area contributed by atoms with Gasteiger partial charge in [0.05, 0.1) is 26.4 Å². The molecule has 0 spiro atoms. The van der Waals surface area contributed by atoms with Gasteiger partial charge in [0.15, 0.2) is 0 Å². The predicted molar refractivity (Wildman–Crippen MR) is 202 cm³/mol. The third-order valence-corrected chi connectivity index (χ3v) is 9.03. The third-order valence-electron chi connectivity index (χ3n) is 9.03. The van der Waals surface area contributed by atoms with Crippen LogP contribution in [0.25, 0.3) is 0 Å². The number of carboxylic acids is 2. The highest BCUT2D eigenvalue weighted by Crippen LogP contribution is 2.14. The lowest BCUT2D eigenvalue weighted by molar-refractivity contribution is -0.142. The second-order valence-electron chi connectivity index (χ2n) is 13.7. The zero-order valence-electron chi connectivity index (χ0n) is 32.3. The Bertz CT molecular complexity index is 1130. The van der Waals surface area contributed by atoms with E-state index < -0.39 is 18.0 Å². The molecule has 0 saturated heterocycles. The highest BCUT2D eigenvalue weighted by atomic mass is 16.5. The topological polar surface area (TPSA) is 218 Å². The van der Waals surface area contributed by atoms with E-state index in [4.69, 9.17) is 14.6 Å². The summed E-state index contributed by atoms with van der Waals surface area (Å²) in [6.45, 7) is 2.16. The fourth-order valence-corrected chi connectivity index (χ4v) is 5.89. The van der Waals surface area contributed by atoms with Crippen molar-refractivity contribution in [2.45, 2.75) is 147 Å². The van der Waals surface area contributed by atoms with Gasteiger partial charge >= 0.3 is 11.9 Å². The van der Waals surface area contributed by atoms with Gasteiger partial charge in [0.1, 0.15) is 6.04 Å². The molecule has 15 nitrogen and oxygen atoms in total. The van der Waals surface area contributed by atoms with Gasteiger partial charge in [0, 0.05) is 57.5 Å². The van der Waals surface area contributed by atoms with Gasteiger partial charge in [-0.25, -0.2) is 4.79 Å². The summed E-state index contributed by atoms with van der Waals surface area (Å²) in [5.41, 5.74) is 0. The van der Waals surface area contributed by atoms with E-state index in [1.165, 1.54) is 62.0 Å². The summed E-state index contributed by atoms with van der Waals surface area (Å²) < 4.78 is 10.9. The smallest absolute Gasteiger partial charge is 0.326 e. The monoisotopic (exact) mass is 766 g/mol. The molecule has 1 atom stereocenters. The molecule has 0 aromatic heterocycles. The van der Waals surface area contributed by atoms with E-state index in [0.29, 0.717) is 58.6 Å². The molecular weight excluding hydrogens is 700 g/mol. The molecule has 5 amide bonds. The maximum Gasteiger partial charge on any atom is 0.326 e. The number of rotatable bonds is 37. The van der Waals surface area contributed by atoms with Crippen LogP contribution < -0.4 is 16.0 Å². The summed E-state index contributed by atoms with van der Waals surface area (Å²) in [4.78, 5) is 82.7. The summed E-state index contributed by atoms with van der Waals surface area (Å²) in [6, 6.07) is -1.12. The largest absolute Gasteiger partial charge is 0.481 e. The zero-order valence-corrected chi connectivity index (χ0v) is 32.3. The normalized spacial score (nSPS) is 12.9. The molecule has 1 unspecified atom stereocenters. The number of unbranched alkanes of at least 4 members (excludes halogenated alkanes) is 15. The van der Waals surface area contributed by atoms with Crippen LogP contribution in [0.4, 0.5) is 0 Å². The van der Waals surface area contributed by atoms with Crippen molar-refractivity contribution >= 4 is 41.5 Å². The first-order valence-electron chi connectivity index (χ1n) is 20.1. The van der Waals surface area contributed by atoms with E-state index in [1.54, 1.807) is 0 Å². The Morgan fingerprint density at radius 3 is 1.41 bits per heavy atom. The lowest BCUT2D eigenvalue weighted by Gasteiger charge is -2.14. The molecule has 15 heteroatoms. The van der Waals surface area contributed by atoms with E-state index >= 15 is 0 Å². The maximum absolute atomic E-state index is 12.3. The Morgan fingerprint density at radius 1 is 0.537 bits per heavy atom. The minimum absolute atomic E-state index is 0.00801. The van der Waals surface area contributed by atoms with Crippen molar-refractivity contribution in [1.29, 1.82) is 0 Å². The lowest BCUT2D eigenvalue weighted by Crippen LogP contribution is -2.41. The molecule has 0 saturated carbocycles. The van der Waals surface area contributed by atoms with Gasteiger partial charge in [-0.05, 0) is 32.1 Å². The molecule has 54 heavy (non-hydrogen) atoms. The Kier molecular flexibility index (Phi) is 29.1. The van der Waals surface area contributed by atoms with E-state index in [-0.39, 0.29) is 68.4 Å². The fourth-order valence-electron chi connectivity index (χ4n) is 5.89. The predicted octanol–water partition coefficient (Wildman–Crippen LogP) is 4.41. The number of carbonyl (C=O) groups is 7. The molecule has 308 valence electrons. The average molecular weight is 767 g/mol. The van der Waals surface area contributed by atoms with E-state index in [2.05, 4.69) is 16.0 Å². The van der Waals surface area contributed by atoms with Crippen LogP contribution in [0.15, 0.2) is 12.2 Å². The van der Waals surface area contributed by atoms with Crippen molar-refractivity contribution < 1.29 is 53.2 Å². The minimum Gasteiger partial charge on any atom is -0.481 e. The first-order chi connectivity index (χ1) is 26.1. The molecule has 5 N–H and O–H groups in total. The minimum atomic E-state index is -1.17. The van der Waals surface area contributed by atoms with Gasteiger partial charge < -0.3 is 35.6 Å². The van der Waals surface area contributed by atoms with Crippen LogP contribution >= 0.6 is 0 Å². The van der Waals surface area contributed by atoms with Crippen LogP contribution in [-0.2, 0) is 43.0 Å². The summed E-state index contributed by atoms with van der Waals surface area (Å²) in [5.74, 6) is -3.21. The SMILES string of the molecule is O=C(O)CCCCCCCCCCCCCCCCC(=O)NC(CCC(=O)NCCOCCOCCNC(=O)CCCCCN1C(=O)C=CC1=O)C(=O)O. The van der Waals surface area contributed by atoms with Crippen LogP contribution in [0.5, 0.6) is 0 Å². The second kappa shape index (κ2) is 32.6. The molecule has 0 radical (unpaired) electrons. The fraction of sp³-hybridized carbons (Fsp3) is 0.769. The highest BCUT2D eigenvalue weighted by molar-refractivity contribution is 6.12. The quantitative estimate of drug-likeness (QED) is 0.0441. The molecule has 1 aliphatic heterocycles. The van der Waals surface area contributed by atoms with Crippen molar-refractivity contribution in [2.75, 3.05) is 46.1 Å². The number of amides is 5. The standard InChI is InChI=1S/C39H66N4O11/c44-33(18-15-13-17-27-43-36(47)23-24-37(43)48)40-25-28-53-30-31-54-29-26-41-34(45)22-21-32(39(51)52)42-35(46)19-14-11-9-7-5-3-1-2-4-6-8-10-12-16-20-38(49)50/h23-24,32H,1-22,25-31H2,(H,40,44)(H,41,45)(H,42,46)(H,49,50)(H,51,52). The molecule has 1 heterocycles. The molecule has 0 fully saturated rings. The number of imide groups is 1. The molecular formula is C39H66N4O11. The number of ether oxygens (including phenoxy) is 2. The van der Waals surface area contributed by atoms with Crippen LogP contribution in [0.1, 0.15) is 141 Å². The summed E-state index contributed by atoms with van der Waals surface area (Å²) >= 11 is 0. The van der Waals surface area contributed by atoms with Crippen molar-refractivity contribution in [3.8, 4) is 0 Å². The number of nitrogens with one attached hydrogen (secondary N) is 3. The first-order valence-corrected chi connectivity index (χ1v) is 20.1. The van der Waals surface area contributed by atoms with Crippen molar-refractivity contribution in [2.24, 2.45) is 0 Å². The average Bonchev–Trinajstić information content (AvgIpc) is 3.45. The molecule has 0 aliphatic carbocycles. The third kappa shape index (κ3) is 27.7. The van der Waals surface area contributed by atoms with Gasteiger partial charge in [-0.2, -0.15) is 0 Å². The summed E-state index contributed by atoms with van der Waals surface area (Å²) in [6.07, 6.45) is 20.5. The van der Waals surface area contributed by atoms with Gasteiger partial charge in [-0.15, -0.1) is 0 Å². The number of hydrogen-bond acceptors (Lipinski definition) is 9. The second-order valence-corrected chi connectivity index (χ2v) is 13.7. The van der Waals surface area contributed by atoms with Gasteiger partial charge in [0.25, 0.3) is 11.8 Å². The number of nitrogens with zero attached hydrogens (tertiary/aromatic N) is 1. The van der Waals surface area contributed by atoms with Crippen molar-refractivity contribution in [3.63, 3.8) is 0 Å². The molecule has 1 rings (SSSR count). The van der Waals surface area contributed by atoms with Crippen LogP contribution in [-0.4, -0.2) is 109 Å². The number of hydrogen-bond donors (Lipinski definition) is 5. The molecule has 0 aromatic carbocycles.